The van der Waals surface area contributed by atoms with Crippen LogP contribution >= 0.6 is 0 Å². The van der Waals surface area contributed by atoms with E-state index in [1.54, 1.807) is 52.7 Å². The highest BCUT2D eigenvalue weighted by atomic mass is 19.3. The van der Waals surface area contributed by atoms with Gasteiger partial charge in [-0.3, -0.25) is 9.20 Å². The molecule has 1 saturated heterocycles. The molecule has 0 unspecified atom stereocenters. The molecule has 0 radical (unpaired) electrons. The fourth-order valence-corrected chi connectivity index (χ4v) is 4.88. The quantitative estimate of drug-likeness (QED) is 0.210. The molecule has 0 saturated carbocycles. The lowest BCUT2D eigenvalue weighted by atomic mass is 10.1. The van der Waals surface area contributed by atoms with Crippen LogP contribution in [0.15, 0.2) is 61.1 Å². The maximum absolute atomic E-state index is 13.3. The van der Waals surface area contributed by atoms with Crippen LogP contribution in [0.5, 0.6) is 5.75 Å². The number of urea groups is 1. The van der Waals surface area contributed by atoms with Gasteiger partial charge in [-0.1, -0.05) is 0 Å². The number of carbonyl (C=O) groups excluding carboxylic acids is 2. The van der Waals surface area contributed by atoms with Crippen molar-refractivity contribution >= 4 is 35.2 Å². The van der Waals surface area contributed by atoms with Crippen molar-refractivity contribution < 1.29 is 33.0 Å². The number of amides is 4. The van der Waals surface area contributed by atoms with Gasteiger partial charge in [-0.15, -0.1) is 0 Å². The lowest BCUT2D eigenvalue weighted by molar-refractivity contribution is -0.0498. The summed E-state index contributed by atoms with van der Waals surface area (Å²) in [7, 11) is 0. The summed E-state index contributed by atoms with van der Waals surface area (Å²) in [5, 5.41) is 16.7. The molecule has 4 N–H and O–H groups in total. The van der Waals surface area contributed by atoms with Crippen molar-refractivity contribution in [3.05, 3.63) is 72.2 Å². The molecule has 4 amide bonds. The zero-order valence-electron chi connectivity index (χ0n) is 23.7. The summed E-state index contributed by atoms with van der Waals surface area (Å²) in [4.78, 5) is 48.3. The van der Waals surface area contributed by atoms with Gasteiger partial charge < -0.3 is 35.6 Å². The summed E-state index contributed by atoms with van der Waals surface area (Å²) in [6.07, 6.45) is 3.88. The van der Waals surface area contributed by atoms with Gasteiger partial charge in [0.2, 0.25) is 0 Å². The van der Waals surface area contributed by atoms with Crippen molar-refractivity contribution in [1.29, 1.82) is 0 Å². The summed E-state index contributed by atoms with van der Waals surface area (Å²) >= 11 is 0. The molecule has 2 aromatic heterocycles. The smallest absolute Gasteiger partial charge is 0.404 e. The second-order valence-corrected chi connectivity index (χ2v) is 9.91. The van der Waals surface area contributed by atoms with Crippen LogP contribution in [0, 0.1) is 6.92 Å². The molecule has 1 fully saturated rings. The van der Waals surface area contributed by atoms with Crippen LogP contribution in [-0.2, 0) is 0 Å². The number of hydrogen-bond donors (Lipinski definition) is 4. The largest absolute Gasteiger partial charge is 0.465 e. The molecule has 0 spiro atoms. The fraction of sp³-hybridized carbons (Fsp3) is 0.276. The Kier molecular flexibility index (Phi) is 9.02. The SMILES string of the molecule is Cc1cc(Nc2nccn3c(-c4ccc(OC(F)F)cc4)cnc23)ccc1C(=O)N1CCN(C(=O)NCCNC(=O)O)CC1. The Labute approximate surface area is 250 Å². The molecule has 0 atom stereocenters. The van der Waals surface area contributed by atoms with Gasteiger partial charge in [0, 0.05) is 68.5 Å². The zero-order valence-corrected chi connectivity index (χ0v) is 23.7. The van der Waals surface area contributed by atoms with E-state index < -0.39 is 12.7 Å². The molecule has 0 aliphatic carbocycles. The molecule has 1 aliphatic heterocycles. The lowest BCUT2D eigenvalue weighted by Crippen LogP contribution is -2.53. The van der Waals surface area contributed by atoms with E-state index in [9.17, 15) is 23.2 Å². The molecule has 13 nitrogen and oxygen atoms in total. The van der Waals surface area contributed by atoms with Crippen molar-refractivity contribution in [2.75, 3.05) is 44.6 Å². The Morgan fingerprint density at radius 2 is 1.68 bits per heavy atom. The summed E-state index contributed by atoms with van der Waals surface area (Å²) in [5.41, 5.74) is 4.04. The number of nitrogens with one attached hydrogen (secondary N) is 3. The number of halogens is 2. The van der Waals surface area contributed by atoms with Crippen LogP contribution < -0.4 is 20.7 Å². The van der Waals surface area contributed by atoms with Gasteiger partial charge in [0.05, 0.1) is 11.9 Å². The molecular formula is C29H30F2N8O5. The molecule has 44 heavy (non-hydrogen) atoms. The Bertz CT molecular complexity index is 1660. The number of nitrogens with zero attached hydrogens (tertiary/aromatic N) is 5. The average molecular weight is 609 g/mol. The minimum absolute atomic E-state index is 0.0632. The first-order valence-electron chi connectivity index (χ1n) is 13.7. The monoisotopic (exact) mass is 608 g/mol. The highest BCUT2D eigenvalue weighted by molar-refractivity contribution is 5.96. The van der Waals surface area contributed by atoms with Crippen molar-refractivity contribution in [1.82, 2.24) is 34.8 Å². The number of aryl methyl sites for hydroxylation is 1. The Morgan fingerprint density at radius 3 is 2.36 bits per heavy atom. The van der Waals surface area contributed by atoms with Gasteiger partial charge in [0.25, 0.3) is 5.91 Å². The first-order valence-corrected chi connectivity index (χ1v) is 13.7. The van der Waals surface area contributed by atoms with Crippen LogP contribution in [0.25, 0.3) is 16.9 Å². The standard InChI is InChI=1S/C29H30F2N8O5/c1-18-16-20(4-7-22(18)26(40)37-12-14-38(15-13-37)28(41)33-8-9-34-29(42)43)36-24-25-35-17-23(39(25)11-10-32-24)19-2-5-21(6-3-19)44-27(30)31/h2-7,10-11,16-17,27,34H,8-9,12-15H2,1H3,(H,32,36)(H,33,41)(H,42,43). The lowest BCUT2D eigenvalue weighted by Gasteiger charge is -2.35. The minimum Gasteiger partial charge on any atom is -0.465 e. The molecular weight excluding hydrogens is 578 g/mol. The maximum atomic E-state index is 13.3. The van der Waals surface area contributed by atoms with Crippen LogP contribution in [0.3, 0.4) is 0 Å². The van der Waals surface area contributed by atoms with Crippen LogP contribution in [0.2, 0.25) is 0 Å². The van der Waals surface area contributed by atoms with Gasteiger partial charge in [-0.25, -0.2) is 19.6 Å². The molecule has 3 heterocycles. The second-order valence-electron chi connectivity index (χ2n) is 9.91. The number of aromatic nitrogens is 3. The van der Waals surface area contributed by atoms with Crippen molar-refractivity contribution in [3.63, 3.8) is 0 Å². The number of hydrogen-bond acceptors (Lipinski definition) is 7. The van der Waals surface area contributed by atoms with Crippen molar-refractivity contribution in [2.24, 2.45) is 0 Å². The molecule has 15 heteroatoms. The first-order chi connectivity index (χ1) is 21.2. The van der Waals surface area contributed by atoms with Gasteiger partial charge in [-0.05, 0) is 55.0 Å². The third kappa shape index (κ3) is 6.94. The van der Waals surface area contributed by atoms with Gasteiger partial charge >= 0.3 is 18.7 Å². The van der Waals surface area contributed by atoms with Gasteiger partial charge in [0.1, 0.15) is 5.75 Å². The second kappa shape index (κ2) is 13.2. The molecule has 230 valence electrons. The summed E-state index contributed by atoms with van der Waals surface area (Å²) < 4.78 is 31.2. The predicted octanol–water partition coefficient (Wildman–Crippen LogP) is 3.78. The number of alkyl halides is 2. The summed E-state index contributed by atoms with van der Waals surface area (Å²) in [6.45, 7) is 0.684. The topological polar surface area (TPSA) is 153 Å². The first kappa shape index (κ1) is 30.0. The van der Waals surface area contributed by atoms with E-state index >= 15 is 0 Å². The van der Waals surface area contributed by atoms with E-state index in [2.05, 4.69) is 30.7 Å². The van der Waals surface area contributed by atoms with Crippen LogP contribution in [-0.4, -0.2) is 93.2 Å². The normalized spacial score (nSPS) is 13.2. The molecule has 2 aromatic carbocycles. The number of piperazine rings is 1. The van der Waals surface area contributed by atoms with Crippen molar-refractivity contribution in [2.45, 2.75) is 13.5 Å². The number of ether oxygens (including phenoxy) is 1. The summed E-state index contributed by atoms with van der Waals surface area (Å²) in [6, 6.07) is 11.3. The Hall–Kier alpha value is -5.47. The van der Waals surface area contributed by atoms with E-state index in [1.807, 2.05) is 17.4 Å². The Balaban J connectivity index is 1.21. The predicted molar refractivity (Wildman–Crippen MR) is 156 cm³/mol. The van der Waals surface area contributed by atoms with E-state index in [0.29, 0.717) is 48.9 Å². The zero-order chi connectivity index (χ0) is 31.2. The molecule has 0 bridgehead atoms. The number of carboxylic acid groups (broad SMARTS) is 1. The van der Waals surface area contributed by atoms with E-state index in [0.717, 1.165) is 16.8 Å². The van der Waals surface area contributed by atoms with Crippen LogP contribution in [0.1, 0.15) is 15.9 Å². The van der Waals surface area contributed by atoms with E-state index in [1.165, 1.54) is 12.1 Å². The number of anilines is 2. The fourth-order valence-electron chi connectivity index (χ4n) is 4.88. The number of fused-ring (bicyclic) bond motifs is 1. The highest BCUT2D eigenvalue weighted by Crippen LogP contribution is 2.28. The van der Waals surface area contributed by atoms with Gasteiger partial charge in [0.15, 0.2) is 11.5 Å². The molecule has 4 aromatic rings. The van der Waals surface area contributed by atoms with Crippen molar-refractivity contribution in [3.8, 4) is 17.0 Å². The third-order valence-electron chi connectivity index (χ3n) is 7.05. The van der Waals surface area contributed by atoms with E-state index in [4.69, 9.17) is 5.11 Å². The summed E-state index contributed by atoms with van der Waals surface area (Å²) in [5.74, 6) is 0.416. The Morgan fingerprint density at radius 1 is 0.977 bits per heavy atom. The van der Waals surface area contributed by atoms with E-state index in [-0.39, 0.29) is 30.8 Å². The molecule has 1 aliphatic rings. The average Bonchev–Trinajstić information content (AvgIpc) is 3.44. The number of benzene rings is 2. The van der Waals surface area contributed by atoms with Crippen LogP contribution in [0.4, 0.5) is 29.9 Å². The number of imidazole rings is 1. The number of rotatable bonds is 9. The number of carbonyl (C=O) groups is 3. The van der Waals surface area contributed by atoms with Gasteiger partial charge in [-0.2, -0.15) is 8.78 Å². The highest BCUT2D eigenvalue weighted by Gasteiger charge is 2.25. The maximum Gasteiger partial charge on any atom is 0.404 e. The molecule has 5 rings (SSSR count). The minimum atomic E-state index is -2.90. The third-order valence-corrected chi connectivity index (χ3v) is 7.05.